The van der Waals surface area contributed by atoms with Gasteiger partial charge >= 0.3 is 234 Å². The Hall–Kier alpha value is -4.14. The van der Waals surface area contributed by atoms with E-state index in [1.807, 2.05) is 11.3 Å². The first-order chi connectivity index (χ1) is 19.4. The number of fused-ring (bicyclic) bond motifs is 11. The number of para-hydroxylation sites is 1. The van der Waals surface area contributed by atoms with Crippen LogP contribution in [0.4, 0.5) is 0 Å². The quantitative estimate of drug-likeness (QED) is 0.158. The molecule has 3 heteroatoms. The van der Waals surface area contributed by atoms with Crippen LogP contribution < -0.4 is 0 Å². The van der Waals surface area contributed by atoms with Crippen LogP contribution in [0, 0.1) is 0 Å². The van der Waals surface area contributed by atoms with Gasteiger partial charge < -0.3 is 0 Å². The summed E-state index contributed by atoms with van der Waals surface area (Å²) in [5.74, 6) is 0. The van der Waals surface area contributed by atoms with E-state index >= 15 is 0 Å². The standard InChI is InChI=1S/C36H19NSSe/c1-2-9-21-20(8-1)22-11-6-15-28-33(22)35-26(14-7-16-29(35)38-28)37-27-18-19-31-34(24-10-3-4-17-30(24)39-31)32(27)25-13-5-12-23(21)36(25)37/h1-19H. The molecule has 10 rings (SSSR count). The summed E-state index contributed by atoms with van der Waals surface area (Å²) in [6.45, 7) is 0. The number of aromatic nitrogens is 1. The van der Waals surface area contributed by atoms with Crippen molar-refractivity contribution in [3.8, 4) is 0 Å². The van der Waals surface area contributed by atoms with Crippen molar-refractivity contribution >= 4 is 114 Å². The van der Waals surface area contributed by atoms with Gasteiger partial charge in [-0.2, -0.15) is 0 Å². The topological polar surface area (TPSA) is 4.41 Å². The molecule has 0 aliphatic rings. The van der Waals surface area contributed by atoms with E-state index in [1.165, 1.54) is 88.3 Å². The molecule has 0 aliphatic carbocycles. The SMILES string of the molecule is c1ccc2c(c1)[se]c1ccc3c(c4cccc5c6ccccc6c6cccc7sc8cccc(c8c76)n3c54)c12. The molecule has 0 saturated carbocycles. The Kier molecular flexibility index (Phi) is 3.88. The molecule has 0 N–H and O–H groups in total. The van der Waals surface area contributed by atoms with Crippen LogP contribution in [0.25, 0.3) is 88.3 Å². The van der Waals surface area contributed by atoms with Gasteiger partial charge in [-0.3, -0.25) is 0 Å². The molecule has 0 amide bonds. The second-order valence-corrected chi connectivity index (χ2v) is 13.8. The first-order valence-corrected chi connectivity index (χ1v) is 15.8. The van der Waals surface area contributed by atoms with Crippen LogP contribution in [-0.4, -0.2) is 18.9 Å². The van der Waals surface area contributed by atoms with Gasteiger partial charge in [0.05, 0.1) is 0 Å². The maximum absolute atomic E-state index is 2.58. The van der Waals surface area contributed by atoms with Gasteiger partial charge in [0, 0.05) is 0 Å². The van der Waals surface area contributed by atoms with E-state index in [0.29, 0.717) is 14.5 Å². The fraction of sp³-hybridized carbons (Fsp3) is 0. The maximum atomic E-state index is 2.58. The molecule has 0 fully saturated rings. The van der Waals surface area contributed by atoms with E-state index in [0.717, 1.165) is 0 Å². The number of hydrogen-bond acceptors (Lipinski definition) is 1. The Bertz CT molecular complexity index is 2670. The van der Waals surface area contributed by atoms with Gasteiger partial charge in [-0.25, -0.2) is 0 Å². The van der Waals surface area contributed by atoms with Crippen molar-refractivity contribution < 1.29 is 0 Å². The van der Waals surface area contributed by atoms with Gasteiger partial charge in [-0.15, -0.1) is 0 Å². The zero-order chi connectivity index (χ0) is 25.2. The average Bonchev–Trinajstić information content (AvgIpc) is 3.66. The van der Waals surface area contributed by atoms with Crippen LogP contribution in [0.1, 0.15) is 0 Å². The van der Waals surface area contributed by atoms with E-state index in [1.54, 1.807) is 0 Å². The number of thiophene rings is 1. The molecule has 6 aromatic carbocycles. The molecule has 0 bridgehead atoms. The van der Waals surface area contributed by atoms with Crippen LogP contribution in [0.3, 0.4) is 0 Å². The molecular weight excluding hydrogens is 557 g/mol. The van der Waals surface area contributed by atoms with Crippen LogP contribution in [0.15, 0.2) is 115 Å². The third kappa shape index (κ3) is 2.52. The minimum absolute atomic E-state index is 0.336. The van der Waals surface area contributed by atoms with E-state index in [9.17, 15) is 0 Å². The molecule has 0 saturated heterocycles. The van der Waals surface area contributed by atoms with Crippen molar-refractivity contribution in [2.24, 2.45) is 0 Å². The van der Waals surface area contributed by atoms with Gasteiger partial charge in [0.1, 0.15) is 0 Å². The van der Waals surface area contributed by atoms with Gasteiger partial charge in [-0.1, -0.05) is 0 Å². The van der Waals surface area contributed by atoms with E-state index < -0.39 is 0 Å². The number of rotatable bonds is 0. The van der Waals surface area contributed by atoms with Gasteiger partial charge in [-0.05, 0) is 0 Å². The Balaban J connectivity index is 1.67. The molecule has 10 aromatic rings. The molecule has 0 unspecified atom stereocenters. The van der Waals surface area contributed by atoms with E-state index in [-0.39, 0.29) is 0 Å². The third-order valence-corrected chi connectivity index (χ3v) is 12.0. The second-order valence-electron chi connectivity index (χ2n) is 10.4. The number of hydrogen-bond donors (Lipinski definition) is 0. The molecule has 39 heavy (non-hydrogen) atoms. The van der Waals surface area contributed by atoms with Crippen LogP contribution >= 0.6 is 11.3 Å². The number of nitrogens with zero attached hydrogens (tertiary/aromatic N) is 1. The summed E-state index contributed by atoms with van der Waals surface area (Å²) in [6.07, 6.45) is 0. The Labute approximate surface area is 232 Å². The normalized spacial score (nSPS) is 12.6. The van der Waals surface area contributed by atoms with Crippen LogP contribution in [-0.2, 0) is 0 Å². The van der Waals surface area contributed by atoms with Gasteiger partial charge in [0.2, 0.25) is 0 Å². The summed E-state index contributed by atoms with van der Waals surface area (Å²) in [5, 5.41) is 13.6. The van der Waals surface area contributed by atoms with Crippen molar-refractivity contribution in [2.45, 2.75) is 0 Å². The Morgan fingerprint density at radius 3 is 1.95 bits per heavy atom. The zero-order valence-electron chi connectivity index (χ0n) is 20.7. The van der Waals surface area contributed by atoms with E-state index in [2.05, 4.69) is 120 Å². The summed E-state index contributed by atoms with van der Waals surface area (Å²) < 4.78 is 8.26. The Morgan fingerprint density at radius 2 is 1.05 bits per heavy atom. The number of benzene rings is 6. The van der Waals surface area contributed by atoms with Crippen LogP contribution in [0.5, 0.6) is 0 Å². The molecule has 4 aromatic heterocycles. The molecule has 0 aliphatic heterocycles. The summed E-state index contributed by atoms with van der Waals surface area (Å²) in [5.41, 5.74) is 3.89. The molecule has 0 radical (unpaired) electrons. The summed E-state index contributed by atoms with van der Waals surface area (Å²) in [4.78, 5) is 0. The predicted octanol–water partition coefficient (Wildman–Crippen LogP) is 10.3. The second kappa shape index (κ2) is 7.28. The fourth-order valence-electron chi connectivity index (χ4n) is 7.05. The monoisotopic (exact) mass is 577 g/mol. The fourth-order valence-corrected chi connectivity index (χ4v) is 10.5. The molecule has 0 spiro atoms. The minimum atomic E-state index is 0.336. The average molecular weight is 577 g/mol. The van der Waals surface area contributed by atoms with Gasteiger partial charge in [0.15, 0.2) is 0 Å². The van der Waals surface area contributed by atoms with Crippen molar-refractivity contribution in [1.82, 2.24) is 4.40 Å². The van der Waals surface area contributed by atoms with Crippen molar-refractivity contribution in [1.29, 1.82) is 0 Å². The van der Waals surface area contributed by atoms with Crippen molar-refractivity contribution in [2.75, 3.05) is 0 Å². The molecule has 1 nitrogen and oxygen atoms in total. The molecular formula is C36H19NSSe. The molecule has 4 heterocycles. The molecule has 0 atom stereocenters. The summed E-state index contributed by atoms with van der Waals surface area (Å²) >= 11 is 2.24. The Morgan fingerprint density at radius 1 is 0.410 bits per heavy atom. The van der Waals surface area contributed by atoms with Crippen LogP contribution in [0.2, 0.25) is 0 Å². The summed E-state index contributed by atoms with van der Waals surface area (Å²) in [7, 11) is 0. The molecule has 180 valence electrons. The summed E-state index contributed by atoms with van der Waals surface area (Å²) in [6, 6.07) is 43.5. The first-order valence-electron chi connectivity index (χ1n) is 13.3. The predicted molar refractivity (Wildman–Crippen MR) is 172 cm³/mol. The van der Waals surface area contributed by atoms with Crippen molar-refractivity contribution in [3.05, 3.63) is 115 Å². The zero-order valence-corrected chi connectivity index (χ0v) is 23.3. The third-order valence-electron chi connectivity index (χ3n) is 8.54. The van der Waals surface area contributed by atoms with Crippen molar-refractivity contribution in [3.63, 3.8) is 0 Å². The van der Waals surface area contributed by atoms with E-state index in [4.69, 9.17) is 0 Å². The van der Waals surface area contributed by atoms with Gasteiger partial charge in [0.25, 0.3) is 0 Å². The first kappa shape index (κ1) is 20.8.